The highest BCUT2D eigenvalue weighted by Gasteiger charge is 2.22. The Morgan fingerprint density at radius 1 is 1.38 bits per heavy atom. The van der Waals surface area contributed by atoms with Crippen LogP contribution in [0.1, 0.15) is 36.4 Å². The maximum absolute atomic E-state index is 12.1. The Morgan fingerprint density at radius 2 is 2.25 bits per heavy atom. The van der Waals surface area contributed by atoms with Crippen LogP contribution in [0.4, 0.5) is 0 Å². The van der Waals surface area contributed by atoms with E-state index in [0.717, 1.165) is 31.6 Å². The zero-order valence-corrected chi connectivity index (χ0v) is 14.4. The Morgan fingerprint density at radius 3 is 3.04 bits per heavy atom. The molecule has 6 heteroatoms. The third-order valence-electron chi connectivity index (χ3n) is 4.56. The summed E-state index contributed by atoms with van der Waals surface area (Å²) in [7, 11) is 0. The Bertz CT molecular complexity index is 659. The van der Waals surface area contributed by atoms with Crippen LogP contribution in [0.15, 0.2) is 36.5 Å². The summed E-state index contributed by atoms with van der Waals surface area (Å²) in [6, 6.07) is 9.63. The average Bonchev–Trinajstić information content (AvgIpc) is 3.14. The first-order valence-electron chi connectivity index (χ1n) is 8.44. The van der Waals surface area contributed by atoms with Gasteiger partial charge in [-0.3, -0.25) is 9.89 Å². The predicted octanol–water partition coefficient (Wildman–Crippen LogP) is 2.95. The number of piperidine rings is 1. The van der Waals surface area contributed by atoms with Gasteiger partial charge < -0.3 is 10.2 Å². The summed E-state index contributed by atoms with van der Waals surface area (Å²) < 4.78 is 0. The molecule has 1 aromatic carbocycles. The van der Waals surface area contributed by atoms with E-state index in [2.05, 4.69) is 20.4 Å². The summed E-state index contributed by atoms with van der Waals surface area (Å²) in [6.45, 7) is 3.32. The number of nitrogens with zero attached hydrogens (tertiary/aromatic N) is 2. The standard InChI is InChI=1S/C18H23ClN4O/c19-16-6-2-1-4-14(16)12-20-18(24)8-11-23-10-3-5-15(13-23)17-7-9-21-22-17/h1-2,4,6-7,9,15H,3,5,8,10-13H2,(H,20,24)(H,21,22)/t15-/m1/s1. The van der Waals surface area contributed by atoms with Crippen LogP contribution in [0, 0.1) is 0 Å². The van der Waals surface area contributed by atoms with Crippen LogP contribution >= 0.6 is 11.6 Å². The van der Waals surface area contributed by atoms with E-state index < -0.39 is 0 Å². The topological polar surface area (TPSA) is 61.0 Å². The van der Waals surface area contributed by atoms with E-state index in [1.807, 2.05) is 30.3 Å². The Kier molecular flexibility index (Phi) is 5.88. The molecule has 1 aliphatic heterocycles. The van der Waals surface area contributed by atoms with Crippen LogP contribution in [0.5, 0.6) is 0 Å². The molecule has 2 aromatic rings. The van der Waals surface area contributed by atoms with Crippen LogP contribution in [0.2, 0.25) is 5.02 Å². The van der Waals surface area contributed by atoms with E-state index in [-0.39, 0.29) is 5.91 Å². The molecule has 1 aliphatic rings. The molecule has 0 spiro atoms. The van der Waals surface area contributed by atoms with E-state index in [1.165, 1.54) is 12.1 Å². The van der Waals surface area contributed by atoms with E-state index in [9.17, 15) is 4.79 Å². The molecule has 1 atom stereocenters. The summed E-state index contributed by atoms with van der Waals surface area (Å²) in [4.78, 5) is 14.4. The van der Waals surface area contributed by atoms with Gasteiger partial charge in [0.2, 0.25) is 5.91 Å². The first-order chi connectivity index (χ1) is 11.7. The average molecular weight is 347 g/mol. The second-order valence-electron chi connectivity index (χ2n) is 6.27. The smallest absolute Gasteiger partial charge is 0.221 e. The molecule has 0 radical (unpaired) electrons. The Labute approximate surface area is 147 Å². The second kappa shape index (κ2) is 8.31. The molecule has 2 heterocycles. The van der Waals surface area contributed by atoms with Gasteiger partial charge in [0, 0.05) is 48.9 Å². The maximum atomic E-state index is 12.1. The molecule has 1 amide bonds. The summed E-state index contributed by atoms with van der Waals surface area (Å²) in [5.41, 5.74) is 2.15. The molecular weight excluding hydrogens is 324 g/mol. The van der Waals surface area contributed by atoms with Crippen molar-refractivity contribution in [1.82, 2.24) is 20.4 Å². The quantitative estimate of drug-likeness (QED) is 0.845. The zero-order chi connectivity index (χ0) is 16.8. The van der Waals surface area contributed by atoms with Gasteiger partial charge in [0.15, 0.2) is 0 Å². The van der Waals surface area contributed by atoms with Crippen molar-refractivity contribution in [3.63, 3.8) is 0 Å². The van der Waals surface area contributed by atoms with Gasteiger partial charge in [-0.25, -0.2) is 0 Å². The van der Waals surface area contributed by atoms with Crippen LogP contribution in [-0.4, -0.2) is 40.6 Å². The van der Waals surface area contributed by atoms with Crippen molar-refractivity contribution in [2.75, 3.05) is 19.6 Å². The van der Waals surface area contributed by atoms with Crippen LogP contribution in [0.3, 0.4) is 0 Å². The van der Waals surface area contributed by atoms with Gasteiger partial charge in [-0.05, 0) is 37.1 Å². The highest BCUT2D eigenvalue weighted by molar-refractivity contribution is 6.31. The van der Waals surface area contributed by atoms with Crippen molar-refractivity contribution in [2.24, 2.45) is 0 Å². The summed E-state index contributed by atoms with van der Waals surface area (Å²) in [5.74, 6) is 0.561. The minimum absolute atomic E-state index is 0.0681. The minimum atomic E-state index is 0.0681. The van der Waals surface area contributed by atoms with Crippen molar-refractivity contribution >= 4 is 17.5 Å². The number of benzene rings is 1. The van der Waals surface area contributed by atoms with Crippen LogP contribution in [-0.2, 0) is 11.3 Å². The number of aromatic amines is 1. The van der Waals surface area contributed by atoms with Gasteiger partial charge in [0.25, 0.3) is 0 Å². The van der Waals surface area contributed by atoms with Crippen molar-refractivity contribution < 1.29 is 4.79 Å². The first kappa shape index (κ1) is 17.0. The molecule has 1 fully saturated rings. The number of hydrogen-bond acceptors (Lipinski definition) is 3. The number of carbonyl (C=O) groups excluding carboxylic acids is 1. The Hall–Kier alpha value is -1.85. The van der Waals surface area contributed by atoms with Crippen molar-refractivity contribution in [1.29, 1.82) is 0 Å². The van der Waals surface area contributed by atoms with Crippen molar-refractivity contribution in [3.8, 4) is 0 Å². The SMILES string of the molecule is O=C(CCN1CCC[C@@H](c2ccn[nH]2)C1)NCc1ccccc1Cl. The number of likely N-dealkylation sites (tertiary alicyclic amines) is 1. The fourth-order valence-corrected chi connectivity index (χ4v) is 3.39. The molecule has 0 saturated carbocycles. The van der Waals surface area contributed by atoms with Crippen molar-refractivity contribution in [2.45, 2.75) is 31.7 Å². The molecule has 1 aromatic heterocycles. The Balaban J connectivity index is 1.42. The van der Waals surface area contributed by atoms with Gasteiger partial charge in [-0.2, -0.15) is 5.10 Å². The first-order valence-corrected chi connectivity index (χ1v) is 8.82. The molecule has 1 saturated heterocycles. The van der Waals surface area contributed by atoms with Gasteiger partial charge in [0.05, 0.1) is 0 Å². The number of halogens is 1. The monoisotopic (exact) mass is 346 g/mol. The molecule has 3 rings (SSSR count). The number of aromatic nitrogens is 2. The lowest BCUT2D eigenvalue weighted by atomic mass is 9.95. The van der Waals surface area contributed by atoms with Crippen LogP contribution in [0.25, 0.3) is 0 Å². The third-order valence-corrected chi connectivity index (χ3v) is 4.93. The van der Waals surface area contributed by atoms with Gasteiger partial charge in [-0.15, -0.1) is 0 Å². The van der Waals surface area contributed by atoms with Crippen LogP contribution < -0.4 is 5.32 Å². The van der Waals surface area contributed by atoms with E-state index in [0.29, 0.717) is 23.9 Å². The highest BCUT2D eigenvalue weighted by Crippen LogP contribution is 2.25. The minimum Gasteiger partial charge on any atom is -0.352 e. The summed E-state index contributed by atoms with van der Waals surface area (Å²) in [5, 5.41) is 10.7. The number of nitrogens with one attached hydrogen (secondary N) is 2. The molecule has 2 N–H and O–H groups in total. The van der Waals surface area contributed by atoms with Gasteiger partial charge in [0.1, 0.15) is 0 Å². The molecule has 24 heavy (non-hydrogen) atoms. The fourth-order valence-electron chi connectivity index (χ4n) is 3.19. The largest absolute Gasteiger partial charge is 0.352 e. The van der Waals surface area contributed by atoms with Gasteiger partial charge in [-0.1, -0.05) is 29.8 Å². The van der Waals surface area contributed by atoms with Crippen molar-refractivity contribution in [3.05, 3.63) is 52.8 Å². The number of rotatable bonds is 6. The predicted molar refractivity (Wildman–Crippen MR) is 94.9 cm³/mol. The van der Waals surface area contributed by atoms with Gasteiger partial charge >= 0.3 is 0 Å². The molecular formula is C18H23ClN4O. The maximum Gasteiger partial charge on any atom is 0.221 e. The lowest BCUT2D eigenvalue weighted by Crippen LogP contribution is -2.37. The number of amides is 1. The number of carbonyl (C=O) groups is 1. The normalized spacial score (nSPS) is 18.5. The van der Waals surface area contributed by atoms with E-state index in [1.54, 1.807) is 6.20 Å². The van der Waals surface area contributed by atoms with E-state index in [4.69, 9.17) is 11.6 Å². The third kappa shape index (κ3) is 4.58. The summed E-state index contributed by atoms with van der Waals surface area (Å²) in [6.07, 6.45) is 4.65. The number of H-pyrrole nitrogens is 1. The molecule has 128 valence electrons. The lowest BCUT2D eigenvalue weighted by Gasteiger charge is -2.31. The molecule has 0 bridgehead atoms. The highest BCUT2D eigenvalue weighted by atomic mass is 35.5. The molecule has 0 unspecified atom stereocenters. The summed E-state index contributed by atoms with van der Waals surface area (Å²) >= 11 is 6.10. The van der Waals surface area contributed by atoms with E-state index >= 15 is 0 Å². The lowest BCUT2D eigenvalue weighted by molar-refractivity contribution is -0.121. The fraction of sp³-hybridized carbons (Fsp3) is 0.444. The number of hydrogen-bond donors (Lipinski definition) is 2. The molecule has 5 nitrogen and oxygen atoms in total. The molecule has 0 aliphatic carbocycles. The zero-order valence-electron chi connectivity index (χ0n) is 13.7. The second-order valence-corrected chi connectivity index (χ2v) is 6.68.